The lowest BCUT2D eigenvalue weighted by Gasteiger charge is -2.32. The number of nitrogens with zero attached hydrogens (tertiary/aromatic N) is 1. The number of rotatable bonds is 6. The second-order valence-electron chi connectivity index (χ2n) is 7.53. The van der Waals surface area contributed by atoms with E-state index in [1.807, 2.05) is 23.1 Å². The molecular formula is C21H32N2O3. The summed E-state index contributed by atoms with van der Waals surface area (Å²) in [7, 11) is 3.32. The lowest BCUT2D eigenvalue weighted by molar-refractivity contribution is 0.163. The summed E-state index contributed by atoms with van der Waals surface area (Å²) < 4.78 is 10.8. The van der Waals surface area contributed by atoms with Crippen molar-refractivity contribution in [1.29, 1.82) is 0 Å². The van der Waals surface area contributed by atoms with Crippen molar-refractivity contribution in [3.05, 3.63) is 23.8 Å². The van der Waals surface area contributed by atoms with Gasteiger partial charge in [-0.15, -0.1) is 0 Å². The molecular weight excluding hydrogens is 328 g/mol. The molecule has 0 atom stereocenters. The number of ether oxygens (including phenoxy) is 2. The Morgan fingerprint density at radius 2 is 1.73 bits per heavy atom. The minimum atomic E-state index is 0.0849. The third-order valence-electron chi connectivity index (χ3n) is 5.79. The van der Waals surface area contributed by atoms with E-state index in [4.69, 9.17) is 9.47 Å². The average molecular weight is 360 g/mol. The van der Waals surface area contributed by atoms with Gasteiger partial charge in [0, 0.05) is 23.7 Å². The molecule has 0 saturated heterocycles. The number of carbonyl (C=O) groups is 1. The Morgan fingerprint density at radius 3 is 2.38 bits per heavy atom. The molecule has 144 valence electrons. The first-order chi connectivity index (χ1) is 12.7. The number of benzene rings is 1. The van der Waals surface area contributed by atoms with Crippen molar-refractivity contribution in [3.8, 4) is 11.5 Å². The molecule has 0 aliphatic heterocycles. The highest BCUT2D eigenvalue weighted by molar-refractivity contribution is 5.75. The lowest BCUT2D eigenvalue weighted by Crippen LogP contribution is -2.48. The van der Waals surface area contributed by atoms with Crippen LogP contribution < -0.4 is 14.8 Å². The predicted molar refractivity (Wildman–Crippen MR) is 103 cm³/mol. The van der Waals surface area contributed by atoms with Gasteiger partial charge in [0.1, 0.15) is 11.5 Å². The molecule has 1 aromatic carbocycles. The Balaban J connectivity index is 1.74. The van der Waals surface area contributed by atoms with Crippen molar-refractivity contribution in [2.24, 2.45) is 0 Å². The quantitative estimate of drug-likeness (QED) is 0.813. The summed E-state index contributed by atoms with van der Waals surface area (Å²) in [6.45, 7) is 0.580. The van der Waals surface area contributed by atoms with E-state index in [0.29, 0.717) is 18.6 Å². The highest BCUT2D eigenvalue weighted by atomic mass is 16.5. The second-order valence-corrected chi connectivity index (χ2v) is 7.53. The molecule has 0 heterocycles. The van der Waals surface area contributed by atoms with E-state index < -0.39 is 0 Å². The van der Waals surface area contributed by atoms with Crippen LogP contribution in [0.25, 0.3) is 0 Å². The summed E-state index contributed by atoms with van der Waals surface area (Å²) in [5.41, 5.74) is 1.03. The fourth-order valence-corrected chi connectivity index (χ4v) is 4.25. The molecule has 1 N–H and O–H groups in total. The number of hydrogen-bond donors (Lipinski definition) is 1. The van der Waals surface area contributed by atoms with Gasteiger partial charge in [0.05, 0.1) is 20.8 Å². The van der Waals surface area contributed by atoms with Crippen molar-refractivity contribution < 1.29 is 14.3 Å². The number of carbonyl (C=O) groups excluding carboxylic acids is 1. The fourth-order valence-electron chi connectivity index (χ4n) is 4.25. The monoisotopic (exact) mass is 360 g/mol. The predicted octanol–water partition coefficient (Wildman–Crippen LogP) is 4.49. The van der Waals surface area contributed by atoms with Gasteiger partial charge in [0.25, 0.3) is 0 Å². The molecule has 0 radical (unpaired) electrons. The number of hydrogen-bond acceptors (Lipinski definition) is 3. The van der Waals surface area contributed by atoms with Crippen molar-refractivity contribution in [1.82, 2.24) is 10.2 Å². The molecule has 1 aromatic rings. The number of nitrogens with one attached hydrogen (secondary N) is 1. The molecule has 3 rings (SSSR count). The van der Waals surface area contributed by atoms with Crippen LogP contribution in [0.15, 0.2) is 18.2 Å². The molecule has 2 aliphatic carbocycles. The van der Waals surface area contributed by atoms with Crippen LogP contribution in [0.1, 0.15) is 63.4 Å². The van der Waals surface area contributed by atoms with Gasteiger partial charge in [-0.05, 0) is 37.8 Å². The Labute approximate surface area is 157 Å². The zero-order valence-corrected chi connectivity index (χ0v) is 16.1. The van der Waals surface area contributed by atoms with Gasteiger partial charge < -0.3 is 19.7 Å². The second kappa shape index (κ2) is 9.15. The molecule has 2 fully saturated rings. The van der Waals surface area contributed by atoms with Crippen molar-refractivity contribution in [3.63, 3.8) is 0 Å². The van der Waals surface area contributed by atoms with Crippen LogP contribution in [0.3, 0.4) is 0 Å². The summed E-state index contributed by atoms with van der Waals surface area (Å²) in [6, 6.07) is 6.57. The van der Waals surface area contributed by atoms with Gasteiger partial charge in [-0.1, -0.05) is 32.1 Å². The summed E-state index contributed by atoms with van der Waals surface area (Å²) in [5, 5.41) is 3.30. The zero-order valence-electron chi connectivity index (χ0n) is 16.1. The zero-order chi connectivity index (χ0) is 18.4. The summed E-state index contributed by atoms with van der Waals surface area (Å²) in [6.07, 6.45) is 10.6. The van der Waals surface area contributed by atoms with Crippen molar-refractivity contribution in [2.75, 3.05) is 14.2 Å². The highest BCUT2D eigenvalue weighted by Crippen LogP contribution is 2.30. The van der Waals surface area contributed by atoms with Crippen LogP contribution in [-0.4, -0.2) is 37.2 Å². The average Bonchev–Trinajstić information content (AvgIpc) is 3.21. The summed E-state index contributed by atoms with van der Waals surface area (Å²) >= 11 is 0. The van der Waals surface area contributed by atoms with Crippen LogP contribution >= 0.6 is 0 Å². The van der Waals surface area contributed by atoms with Gasteiger partial charge in [-0.3, -0.25) is 0 Å². The minimum Gasteiger partial charge on any atom is -0.497 e. The Morgan fingerprint density at radius 1 is 1.04 bits per heavy atom. The maximum absolute atomic E-state index is 13.1. The molecule has 0 aromatic heterocycles. The van der Waals surface area contributed by atoms with E-state index in [2.05, 4.69) is 5.32 Å². The van der Waals surface area contributed by atoms with E-state index in [0.717, 1.165) is 42.7 Å². The number of methoxy groups -OCH3 is 2. The Bertz CT molecular complexity index is 593. The van der Waals surface area contributed by atoms with Gasteiger partial charge in [-0.25, -0.2) is 4.79 Å². The standard InChI is InChI=1S/C21H32N2O3/c1-25-19-13-12-16(20(14-19)26-2)15-23(18-10-6-7-11-18)21(24)22-17-8-4-3-5-9-17/h12-14,17-18H,3-11,15H2,1-2H3,(H,22,24). The molecule has 0 bridgehead atoms. The smallest absolute Gasteiger partial charge is 0.318 e. The fraction of sp³-hybridized carbons (Fsp3) is 0.667. The highest BCUT2D eigenvalue weighted by Gasteiger charge is 2.29. The molecule has 26 heavy (non-hydrogen) atoms. The Kier molecular flexibility index (Phi) is 6.64. The van der Waals surface area contributed by atoms with Crippen molar-refractivity contribution in [2.45, 2.75) is 76.4 Å². The normalized spacial score (nSPS) is 18.5. The van der Waals surface area contributed by atoms with E-state index in [9.17, 15) is 4.79 Å². The third-order valence-corrected chi connectivity index (χ3v) is 5.79. The Hall–Kier alpha value is -1.91. The molecule has 2 amide bonds. The number of amides is 2. The maximum Gasteiger partial charge on any atom is 0.318 e. The van der Waals surface area contributed by atoms with Crippen LogP contribution in [0.5, 0.6) is 11.5 Å². The molecule has 2 saturated carbocycles. The van der Waals surface area contributed by atoms with Gasteiger partial charge in [-0.2, -0.15) is 0 Å². The maximum atomic E-state index is 13.1. The largest absolute Gasteiger partial charge is 0.497 e. The van der Waals surface area contributed by atoms with Crippen LogP contribution in [0.4, 0.5) is 4.79 Å². The van der Waals surface area contributed by atoms with Crippen molar-refractivity contribution >= 4 is 6.03 Å². The van der Waals surface area contributed by atoms with Gasteiger partial charge in [0.15, 0.2) is 0 Å². The van der Waals surface area contributed by atoms with Gasteiger partial charge >= 0.3 is 6.03 Å². The van der Waals surface area contributed by atoms with Crippen LogP contribution in [0.2, 0.25) is 0 Å². The lowest BCUT2D eigenvalue weighted by atomic mass is 9.96. The summed E-state index contributed by atoms with van der Waals surface area (Å²) in [5.74, 6) is 1.54. The first-order valence-electron chi connectivity index (χ1n) is 9.99. The van der Waals surface area contributed by atoms with Crippen LogP contribution in [0, 0.1) is 0 Å². The molecule has 0 spiro atoms. The SMILES string of the molecule is COc1ccc(CN(C(=O)NC2CCCCC2)C2CCCC2)c(OC)c1. The molecule has 2 aliphatic rings. The van der Waals surface area contributed by atoms with Gasteiger partial charge in [0.2, 0.25) is 0 Å². The summed E-state index contributed by atoms with van der Waals surface area (Å²) in [4.78, 5) is 15.1. The molecule has 5 nitrogen and oxygen atoms in total. The van der Waals surface area contributed by atoms with E-state index in [1.54, 1.807) is 14.2 Å². The van der Waals surface area contributed by atoms with E-state index >= 15 is 0 Å². The van der Waals surface area contributed by atoms with E-state index in [1.165, 1.54) is 32.1 Å². The third kappa shape index (κ3) is 4.63. The minimum absolute atomic E-state index is 0.0849. The first kappa shape index (κ1) is 18.9. The topological polar surface area (TPSA) is 50.8 Å². The first-order valence-corrected chi connectivity index (χ1v) is 9.99. The molecule has 5 heteroatoms. The number of urea groups is 1. The van der Waals surface area contributed by atoms with Crippen LogP contribution in [-0.2, 0) is 6.54 Å². The van der Waals surface area contributed by atoms with E-state index in [-0.39, 0.29) is 6.03 Å². The molecule has 0 unspecified atom stereocenters.